The average Bonchev–Trinajstić information content (AvgIpc) is 2.93. The molecule has 1 saturated heterocycles. The van der Waals surface area contributed by atoms with Gasteiger partial charge in [0.1, 0.15) is 11.6 Å². The maximum Gasteiger partial charge on any atom is 0.164 e. The average molecular weight is 373 g/mol. The first-order chi connectivity index (χ1) is 13.2. The van der Waals surface area contributed by atoms with Gasteiger partial charge >= 0.3 is 0 Å². The van der Waals surface area contributed by atoms with Crippen LogP contribution in [0.3, 0.4) is 0 Å². The van der Waals surface area contributed by atoms with Gasteiger partial charge in [-0.15, -0.1) is 0 Å². The zero-order valence-corrected chi connectivity index (χ0v) is 15.4. The Bertz CT molecular complexity index is 780. The summed E-state index contributed by atoms with van der Waals surface area (Å²) in [6.45, 7) is 4.23. The van der Waals surface area contributed by atoms with Gasteiger partial charge in [0, 0.05) is 37.7 Å². The van der Waals surface area contributed by atoms with Crippen molar-refractivity contribution in [3.8, 4) is 17.2 Å². The molecule has 1 atom stereocenters. The van der Waals surface area contributed by atoms with E-state index in [1.54, 1.807) is 19.2 Å². The maximum atomic E-state index is 13.2. The third-order valence-corrected chi connectivity index (χ3v) is 4.94. The molecule has 4 rings (SSSR count). The minimum absolute atomic E-state index is 0.0641. The molecule has 6 heteroatoms. The molecule has 0 radical (unpaired) electrons. The molecule has 2 aromatic carbocycles. The highest BCUT2D eigenvalue weighted by molar-refractivity contribution is 5.51. The van der Waals surface area contributed by atoms with Crippen LogP contribution in [-0.2, 0) is 11.3 Å². The highest BCUT2D eigenvalue weighted by Gasteiger charge is 2.24. The van der Waals surface area contributed by atoms with Crippen molar-refractivity contribution in [2.45, 2.75) is 19.1 Å². The standard InChI is InChI=1S/C21H24FNO4/c1-24-18-12-20-19(25-8-2-9-26-20)11-16(18)13-23-7-10-27-21(14-23)15-3-5-17(22)6-4-15/h3-6,11-12,21H,2,7-10,13-14H2,1H3. The molecule has 144 valence electrons. The molecule has 2 aliphatic heterocycles. The zero-order chi connectivity index (χ0) is 18.6. The fraction of sp³-hybridized carbons (Fsp3) is 0.429. The Labute approximate surface area is 158 Å². The van der Waals surface area contributed by atoms with Crippen molar-refractivity contribution in [1.82, 2.24) is 4.90 Å². The number of benzene rings is 2. The molecule has 0 saturated carbocycles. The third-order valence-electron chi connectivity index (χ3n) is 4.94. The molecule has 27 heavy (non-hydrogen) atoms. The van der Waals surface area contributed by atoms with E-state index in [4.69, 9.17) is 18.9 Å². The SMILES string of the molecule is COc1cc2c(cc1CN1CCOC(c3ccc(F)cc3)C1)OCCCO2. The van der Waals surface area contributed by atoms with Crippen LogP contribution in [0.2, 0.25) is 0 Å². The monoisotopic (exact) mass is 373 g/mol. The van der Waals surface area contributed by atoms with Crippen molar-refractivity contribution in [2.24, 2.45) is 0 Å². The minimum atomic E-state index is -0.233. The smallest absolute Gasteiger partial charge is 0.164 e. The summed E-state index contributed by atoms with van der Waals surface area (Å²) in [6.07, 6.45) is 0.806. The van der Waals surface area contributed by atoms with E-state index >= 15 is 0 Å². The second kappa shape index (κ2) is 8.15. The number of hydrogen-bond donors (Lipinski definition) is 0. The third kappa shape index (κ3) is 4.17. The van der Waals surface area contributed by atoms with Gasteiger partial charge in [0.05, 0.1) is 33.0 Å². The van der Waals surface area contributed by atoms with Crippen LogP contribution in [-0.4, -0.2) is 44.9 Å². The number of halogens is 1. The Kier molecular flexibility index (Phi) is 5.45. The number of rotatable bonds is 4. The van der Waals surface area contributed by atoms with Crippen LogP contribution < -0.4 is 14.2 Å². The number of fused-ring (bicyclic) bond motifs is 1. The van der Waals surface area contributed by atoms with Crippen LogP contribution in [0.25, 0.3) is 0 Å². The van der Waals surface area contributed by atoms with Gasteiger partial charge in [-0.05, 0) is 23.8 Å². The molecular formula is C21H24FNO4. The lowest BCUT2D eigenvalue weighted by Gasteiger charge is -2.33. The summed E-state index contributed by atoms with van der Waals surface area (Å²) in [6, 6.07) is 10.5. The topological polar surface area (TPSA) is 40.2 Å². The molecule has 5 nitrogen and oxygen atoms in total. The summed E-state index contributed by atoms with van der Waals surface area (Å²) >= 11 is 0. The highest BCUT2D eigenvalue weighted by Crippen LogP contribution is 2.37. The van der Waals surface area contributed by atoms with E-state index < -0.39 is 0 Å². The largest absolute Gasteiger partial charge is 0.496 e. The van der Waals surface area contributed by atoms with Crippen molar-refractivity contribution in [1.29, 1.82) is 0 Å². The van der Waals surface area contributed by atoms with Crippen molar-refractivity contribution in [3.05, 3.63) is 53.3 Å². The Hall–Kier alpha value is -2.31. The Balaban J connectivity index is 1.51. The summed E-state index contributed by atoms with van der Waals surface area (Å²) < 4.78 is 36.2. The predicted molar refractivity (Wildman–Crippen MR) is 99.0 cm³/mol. The molecule has 0 amide bonds. The van der Waals surface area contributed by atoms with Gasteiger partial charge in [-0.3, -0.25) is 4.90 Å². The lowest BCUT2D eigenvalue weighted by Crippen LogP contribution is -2.37. The molecule has 2 aliphatic rings. The summed E-state index contributed by atoms with van der Waals surface area (Å²) in [7, 11) is 1.67. The van der Waals surface area contributed by atoms with E-state index in [2.05, 4.69) is 4.90 Å². The van der Waals surface area contributed by atoms with E-state index in [0.717, 1.165) is 54.4 Å². The van der Waals surface area contributed by atoms with E-state index in [-0.39, 0.29) is 11.9 Å². The molecule has 0 spiro atoms. The first-order valence-corrected chi connectivity index (χ1v) is 9.29. The van der Waals surface area contributed by atoms with Crippen molar-refractivity contribution < 1.29 is 23.3 Å². The molecule has 2 aromatic rings. The van der Waals surface area contributed by atoms with Gasteiger partial charge in [0.2, 0.25) is 0 Å². The fourth-order valence-corrected chi connectivity index (χ4v) is 3.51. The Morgan fingerprint density at radius 2 is 1.81 bits per heavy atom. The Morgan fingerprint density at radius 3 is 2.56 bits per heavy atom. The van der Waals surface area contributed by atoms with Crippen molar-refractivity contribution in [2.75, 3.05) is 40.0 Å². The van der Waals surface area contributed by atoms with Gasteiger partial charge in [0.25, 0.3) is 0 Å². The van der Waals surface area contributed by atoms with Crippen LogP contribution in [0.4, 0.5) is 4.39 Å². The molecule has 0 aliphatic carbocycles. The molecule has 0 bridgehead atoms. The first kappa shape index (κ1) is 18.1. The van der Waals surface area contributed by atoms with Crippen molar-refractivity contribution >= 4 is 0 Å². The van der Waals surface area contributed by atoms with Crippen LogP contribution in [0.15, 0.2) is 36.4 Å². The first-order valence-electron chi connectivity index (χ1n) is 9.29. The number of nitrogens with zero attached hydrogens (tertiary/aromatic N) is 1. The van der Waals surface area contributed by atoms with E-state index in [9.17, 15) is 4.39 Å². The van der Waals surface area contributed by atoms with Gasteiger partial charge in [-0.1, -0.05) is 12.1 Å². The van der Waals surface area contributed by atoms with Gasteiger partial charge < -0.3 is 18.9 Å². The Morgan fingerprint density at radius 1 is 1.07 bits per heavy atom. The van der Waals surface area contributed by atoms with Gasteiger partial charge in [0.15, 0.2) is 11.5 Å². The number of ether oxygens (including phenoxy) is 4. The predicted octanol–water partition coefficient (Wildman–Crippen LogP) is 3.57. The molecule has 0 aromatic heterocycles. The summed E-state index contributed by atoms with van der Waals surface area (Å²) in [4.78, 5) is 2.32. The zero-order valence-electron chi connectivity index (χ0n) is 15.4. The van der Waals surface area contributed by atoms with E-state index in [1.807, 2.05) is 12.1 Å². The molecular weight excluding hydrogens is 349 g/mol. The maximum absolute atomic E-state index is 13.2. The van der Waals surface area contributed by atoms with Crippen LogP contribution >= 0.6 is 0 Å². The molecule has 2 heterocycles. The van der Waals surface area contributed by atoms with Crippen molar-refractivity contribution in [3.63, 3.8) is 0 Å². The number of methoxy groups -OCH3 is 1. The van der Waals surface area contributed by atoms with Crippen LogP contribution in [0, 0.1) is 5.82 Å². The lowest BCUT2D eigenvalue weighted by atomic mass is 10.1. The second-order valence-corrected chi connectivity index (χ2v) is 6.81. The summed E-state index contributed by atoms with van der Waals surface area (Å²) in [5, 5.41) is 0. The molecule has 0 N–H and O–H groups in total. The summed E-state index contributed by atoms with van der Waals surface area (Å²) in [5.41, 5.74) is 2.05. The number of hydrogen-bond acceptors (Lipinski definition) is 5. The second-order valence-electron chi connectivity index (χ2n) is 6.81. The van der Waals surface area contributed by atoms with E-state index in [0.29, 0.717) is 19.8 Å². The van der Waals surface area contributed by atoms with Gasteiger partial charge in [-0.25, -0.2) is 4.39 Å². The fourth-order valence-electron chi connectivity index (χ4n) is 3.51. The van der Waals surface area contributed by atoms with E-state index in [1.165, 1.54) is 12.1 Å². The number of morpholine rings is 1. The lowest BCUT2D eigenvalue weighted by molar-refractivity contribution is -0.0331. The summed E-state index contributed by atoms with van der Waals surface area (Å²) in [5.74, 6) is 2.07. The minimum Gasteiger partial charge on any atom is -0.496 e. The normalized spacial score (nSPS) is 20.1. The van der Waals surface area contributed by atoms with Crippen LogP contribution in [0.5, 0.6) is 17.2 Å². The molecule has 1 unspecified atom stereocenters. The quantitative estimate of drug-likeness (QED) is 0.819. The van der Waals surface area contributed by atoms with Gasteiger partial charge in [-0.2, -0.15) is 0 Å². The highest BCUT2D eigenvalue weighted by atomic mass is 19.1. The molecule has 1 fully saturated rings. The van der Waals surface area contributed by atoms with Crippen LogP contribution in [0.1, 0.15) is 23.7 Å².